The molecule has 1 aliphatic heterocycles. The molecule has 0 radical (unpaired) electrons. The second-order valence-electron chi connectivity index (χ2n) is 11.7. The summed E-state index contributed by atoms with van der Waals surface area (Å²) in [5.41, 5.74) is 6.72. The third kappa shape index (κ3) is 9.44. The minimum atomic E-state index is -0.738. The van der Waals surface area contributed by atoms with Gasteiger partial charge in [0.05, 0.1) is 11.0 Å². The van der Waals surface area contributed by atoms with Crippen LogP contribution in [0.1, 0.15) is 66.7 Å². The Morgan fingerprint density at radius 1 is 0.979 bits per heavy atom. The fourth-order valence-corrected chi connectivity index (χ4v) is 5.40. The average molecular weight is 650 g/mol. The number of benzene rings is 2. The standard InChI is InChI=1S/C33H43N7O7/c1-3-21(2)29-31(44)36-14-7-17-40-26-19-22(11-12-25(26)37-33(40)46)30(43)35-13-6-16-39(15-5-10-28(42)38-29)32(45)23-8-4-9-24(18-23)47-20-27(34)41/h4,8-9,11-12,18-19,21,29H,3,5-7,10,13-17,20H2,1-2H3,(H2,34,41)(H,35,43)(H,36,44)(H,37,46)(H,38,42)/t21-,29-/m0/s1. The van der Waals surface area contributed by atoms with Gasteiger partial charge in [0.15, 0.2) is 6.61 Å². The van der Waals surface area contributed by atoms with E-state index in [4.69, 9.17) is 10.5 Å². The lowest BCUT2D eigenvalue weighted by Crippen LogP contribution is -2.50. The Hall–Kier alpha value is -5.14. The molecule has 2 aromatic carbocycles. The third-order valence-electron chi connectivity index (χ3n) is 8.18. The molecule has 2 heterocycles. The van der Waals surface area contributed by atoms with Crippen molar-refractivity contribution in [3.8, 4) is 5.75 Å². The van der Waals surface area contributed by atoms with Crippen LogP contribution in [0, 0.1) is 5.92 Å². The fraction of sp³-hybridized carbons (Fsp3) is 0.455. The maximum absolute atomic E-state index is 13.6. The summed E-state index contributed by atoms with van der Waals surface area (Å²) in [7, 11) is 0. The number of ether oxygens (including phenoxy) is 1. The predicted octanol–water partition coefficient (Wildman–Crippen LogP) is 1.29. The van der Waals surface area contributed by atoms with Crippen LogP contribution in [-0.4, -0.2) is 82.8 Å². The number of hydrogen-bond donors (Lipinski definition) is 5. The Kier molecular flexibility index (Phi) is 12.1. The number of aryl methyl sites for hydroxylation is 1. The number of rotatable bonds is 6. The van der Waals surface area contributed by atoms with Gasteiger partial charge in [-0.05, 0) is 61.6 Å². The number of amides is 5. The number of aromatic amines is 1. The number of nitrogens with two attached hydrogens (primary N) is 1. The summed E-state index contributed by atoms with van der Waals surface area (Å²) in [5.74, 6) is -1.71. The number of aromatic nitrogens is 2. The zero-order valence-electron chi connectivity index (χ0n) is 26.8. The minimum absolute atomic E-state index is 0.0878. The lowest BCUT2D eigenvalue weighted by atomic mass is 9.98. The van der Waals surface area contributed by atoms with Crippen LogP contribution in [0.15, 0.2) is 47.3 Å². The molecule has 0 unspecified atom stereocenters. The van der Waals surface area contributed by atoms with Gasteiger partial charge in [0, 0.05) is 50.3 Å². The van der Waals surface area contributed by atoms with Crippen LogP contribution in [0.3, 0.4) is 0 Å². The van der Waals surface area contributed by atoms with Crippen LogP contribution >= 0.6 is 0 Å². The van der Waals surface area contributed by atoms with E-state index >= 15 is 0 Å². The van der Waals surface area contributed by atoms with Crippen molar-refractivity contribution in [3.63, 3.8) is 0 Å². The number of nitrogens with zero attached hydrogens (tertiary/aromatic N) is 2. The third-order valence-corrected chi connectivity index (χ3v) is 8.18. The van der Waals surface area contributed by atoms with E-state index in [1.165, 1.54) is 10.6 Å². The van der Waals surface area contributed by atoms with Crippen LogP contribution in [0.2, 0.25) is 0 Å². The van der Waals surface area contributed by atoms with Gasteiger partial charge in [0.1, 0.15) is 11.8 Å². The molecule has 1 aliphatic rings. The van der Waals surface area contributed by atoms with E-state index < -0.39 is 11.9 Å². The molecule has 0 saturated heterocycles. The van der Waals surface area contributed by atoms with E-state index in [1.807, 2.05) is 13.8 Å². The molecule has 2 atom stereocenters. The quantitative estimate of drug-likeness (QED) is 0.265. The Labute approximate surface area is 272 Å². The van der Waals surface area contributed by atoms with Gasteiger partial charge in [-0.3, -0.25) is 28.5 Å². The second kappa shape index (κ2) is 16.4. The highest BCUT2D eigenvalue weighted by atomic mass is 16.5. The Bertz CT molecular complexity index is 1660. The number of nitrogens with one attached hydrogen (secondary N) is 4. The van der Waals surface area contributed by atoms with Crippen molar-refractivity contribution in [1.82, 2.24) is 30.4 Å². The highest BCUT2D eigenvalue weighted by Gasteiger charge is 2.26. The van der Waals surface area contributed by atoms with Gasteiger partial charge in [-0.1, -0.05) is 26.3 Å². The Morgan fingerprint density at radius 2 is 1.72 bits per heavy atom. The molecule has 5 amide bonds. The summed E-state index contributed by atoms with van der Waals surface area (Å²) in [5, 5.41) is 8.63. The molecule has 14 nitrogen and oxygen atoms in total. The van der Waals surface area contributed by atoms with Crippen LogP contribution in [0.5, 0.6) is 5.75 Å². The number of fused-ring (bicyclic) bond motifs is 1. The smallest absolute Gasteiger partial charge is 0.326 e. The Morgan fingerprint density at radius 3 is 2.49 bits per heavy atom. The lowest BCUT2D eigenvalue weighted by Gasteiger charge is -2.25. The van der Waals surface area contributed by atoms with Crippen LogP contribution in [0.25, 0.3) is 11.0 Å². The summed E-state index contributed by atoms with van der Waals surface area (Å²) in [6.07, 6.45) is 1.98. The van der Waals surface area contributed by atoms with Crippen molar-refractivity contribution < 1.29 is 28.7 Å². The Balaban J connectivity index is 1.55. The maximum Gasteiger partial charge on any atom is 0.326 e. The first-order valence-electron chi connectivity index (χ1n) is 16.0. The molecule has 1 aromatic heterocycles. The van der Waals surface area contributed by atoms with Crippen molar-refractivity contribution >= 4 is 40.6 Å². The van der Waals surface area contributed by atoms with Crippen molar-refractivity contribution in [1.29, 1.82) is 0 Å². The first-order chi connectivity index (χ1) is 22.6. The average Bonchev–Trinajstić information content (AvgIpc) is 3.38. The minimum Gasteiger partial charge on any atom is -0.484 e. The van der Waals surface area contributed by atoms with Crippen LogP contribution in [-0.2, 0) is 20.9 Å². The van der Waals surface area contributed by atoms with Gasteiger partial charge in [0.2, 0.25) is 11.8 Å². The maximum atomic E-state index is 13.6. The summed E-state index contributed by atoms with van der Waals surface area (Å²) < 4.78 is 6.89. The number of imidazole rings is 1. The van der Waals surface area contributed by atoms with Gasteiger partial charge >= 0.3 is 5.69 Å². The molecule has 0 spiro atoms. The van der Waals surface area contributed by atoms with E-state index in [0.29, 0.717) is 60.1 Å². The van der Waals surface area contributed by atoms with Crippen molar-refractivity contribution in [2.75, 3.05) is 32.8 Å². The fourth-order valence-electron chi connectivity index (χ4n) is 5.40. The molecule has 0 aliphatic carbocycles. The molecule has 4 rings (SSSR count). The molecule has 6 N–H and O–H groups in total. The van der Waals surface area contributed by atoms with Gasteiger partial charge in [-0.15, -0.1) is 0 Å². The van der Waals surface area contributed by atoms with E-state index in [-0.39, 0.29) is 74.4 Å². The summed E-state index contributed by atoms with van der Waals surface area (Å²) in [6.45, 7) is 4.90. The van der Waals surface area contributed by atoms with Crippen molar-refractivity contribution in [2.45, 2.75) is 58.5 Å². The SMILES string of the molecule is CC[C@H](C)[C@@H]1NC(=O)CCCN(C(=O)c2cccc(OCC(N)=O)c2)CCCNC(=O)c2ccc3[nH]c(=O)n(c3c2)CCCNC1=O. The van der Waals surface area contributed by atoms with E-state index in [1.54, 1.807) is 41.3 Å². The topological polar surface area (TPSA) is 198 Å². The van der Waals surface area contributed by atoms with E-state index in [9.17, 15) is 28.8 Å². The van der Waals surface area contributed by atoms with Gasteiger partial charge in [-0.25, -0.2) is 4.79 Å². The number of carbonyl (C=O) groups excluding carboxylic acids is 5. The molecular formula is C33H43N7O7. The zero-order chi connectivity index (χ0) is 33.9. The van der Waals surface area contributed by atoms with Crippen molar-refractivity contribution in [3.05, 3.63) is 64.1 Å². The van der Waals surface area contributed by atoms with E-state index in [0.717, 1.165) is 0 Å². The van der Waals surface area contributed by atoms with Gasteiger partial charge < -0.3 is 36.3 Å². The van der Waals surface area contributed by atoms with Gasteiger partial charge in [0.25, 0.3) is 17.7 Å². The lowest BCUT2D eigenvalue weighted by molar-refractivity contribution is -0.130. The summed E-state index contributed by atoms with van der Waals surface area (Å²) in [6, 6.07) is 10.6. The first-order valence-corrected chi connectivity index (χ1v) is 16.0. The van der Waals surface area contributed by atoms with Gasteiger partial charge in [-0.2, -0.15) is 0 Å². The summed E-state index contributed by atoms with van der Waals surface area (Å²) >= 11 is 0. The zero-order valence-corrected chi connectivity index (χ0v) is 26.8. The molecular weight excluding hydrogens is 606 g/mol. The first kappa shape index (κ1) is 34.7. The molecule has 2 bridgehead atoms. The molecule has 3 aromatic rings. The van der Waals surface area contributed by atoms with Crippen LogP contribution < -0.4 is 32.1 Å². The second-order valence-corrected chi connectivity index (χ2v) is 11.7. The van der Waals surface area contributed by atoms with Crippen molar-refractivity contribution in [2.24, 2.45) is 11.7 Å². The number of hydrogen-bond acceptors (Lipinski definition) is 7. The number of primary amides is 1. The highest BCUT2D eigenvalue weighted by molar-refractivity contribution is 5.97. The largest absolute Gasteiger partial charge is 0.484 e. The van der Waals surface area contributed by atoms with Crippen LogP contribution in [0.4, 0.5) is 0 Å². The molecule has 0 fully saturated rings. The number of carbonyl (C=O) groups is 5. The van der Waals surface area contributed by atoms with E-state index in [2.05, 4.69) is 20.9 Å². The normalized spacial score (nSPS) is 18.0. The highest BCUT2D eigenvalue weighted by Crippen LogP contribution is 2.17. The molecule has 14 heteroatoms. The monoisotopic (exact) mass is 649 g/mol. The molecule has 0 saturated carbocycles. The molecule has 252 valence electrons. The predicted molar refractivity (Wildman–Crippen MR) is 175 cm³/mol. The summed E-state index contributed by atoms with van der Waals surface area (Å²) in [4.78, 5) is 81.0. The molecule has 47 heavy (non-hydrogen) atoms. The number of H-pyrrole nitrogens is 1.